The van der Waals surface area contributed by atoms with Crippen molar-refractivity contribution >= 4 is 29.2 Å². The Morgan fingerprint density at radius 1 is 0.925 bits per heavy atom. The van der Waals surface area contributed by atoms with Crippen molar-refractivity contribution < 1.29 is 24.2 Å². The van der Waals surface area contributed by atoms with Gasteiger partial charge < -0.3 is 19.1 Å². The first-order chi connectivity index (χ1) is 19.4. The van der Waals surface area contributed by atoms with Crippen molar-refractivity contribution in [2.45, 2.75) is 59.4 Å². The lowest BCUT2D eigenvalue weighted by Crippen LogP contribution is -2.33. The second-order valence-electron chi connectivity index (χ2n) is 9.50. The van der Waals surface area contributed by atoms with Crippen LogP contribution >= 0.6 is 0 Å². The van der Waals surface area contributed by atoms with Gasteiger partial charge in [-0.25, -0.2) is 19.6 Å². The fourth-order valence-corrected chi connectivity index (χ4v) is 4.56. The van der Waals surface area contributed by atoms with Gasteiger partial charge >= 0.3 is 12.2 Å². The lowest BCUT2D eigenvalue weighted by molar-refractivity contribution is 0.144. The maximum atomic E-state index is 12.7. The summed E-state index contributed by atoms with van der Waals surface area (Å²) in [4.78, 5) is 35.3. The summed E-state index contributed by atoms with van der Waals surface area (Å²) in [6, 6.07) is 18.7. The Morgan fingerprint density at radius 3 is 2.38 bits per heavy atom. The number of carbonyl (C=O) groups excluding carboxylic acids is 1. The number of hydrogen-bond acceptors (Lipinski definition) is 6. The number of pyridine rings is 1. The van der Waals surface area contributed by atoms with E-state index in [0.29, 0.717) is 31.1 Å². The van der Waals surface area contributed by atoms with Crippen molar-refractivity contribution in [2.24, 2.45) is 0 Å². The van der Waals surface area contributed by atoms with Gasteiger partial charge in [-0.3, -0.25) is 4.90 Å². The molecule has 0 aliphatic carbocycles. The van der Waals surface area contributed by atoms with Crippen molar-refractivity contribution in [3.8, 4) is 16.9 Å². The molecule has 0 spiro atoms. The van der Waals surface area contributed by atoms with Gasteiger partial charge in [0.05, 0.1) is 13.2 Å². The summed E-state index contributed by atoms with van der Waals surface area (Å²) in [6.07, 6.45) is 2.90. The van der Waals surface area contributed by atoms with E-state index in [1.807, 2.05) is 48.5 Å². The standard InChI is InChI=1S/C31H36N4O5/c1-4-7-13-27-32-25-18-19-28(34(20-8-5-2)30(36)39-6-3)33-29(25)35(27)21-22-14-16-23(17-15-22)24-11-9-10-12-26(24)40-31(37)38/h9-12,14-19H,4-8,13,20-21H2,1-3H3,(H,37,38). The Bertz CT molecular complexity index is 1450. The predicted octanol–water partition coefficient (Wildman–Crippen LogP) is 7.31. The second-order valence-corrected chi connectivity index (χ2v) is 9.50. The highest BCUT2D eigenvalue weighted by atomic mass is 16.7. The summed E-state index contributed by atoms with van der Waals surface area (Å²) in [6.45, 7) is 7.40. The normalized spacial score (nSPS) is 11.0. The van der Waals surface area contributed by atoms with Crippen LogP contribution < -0.4 is 9.64 Å². The second kappa shape index (κ2) is 13.6. The number of aryl methyl sites for hydroxylation is 1. The Hall–Kier alpha value is -4.40. The number of hydrogen-bond donors (Lipinski definition) is 1. The molecular formula is C31H36N4O5. The van der Waals surface area contributed by atoms with E-state index < -0.39 is 12.2 Å². The number of aromatic nitrogens is 3. The largest absolute Gasteiger partial charge is 0.511 e. The number of unbranched alkanes of at least 4 members (excludes halogenated alkanes) is 2. The number of benzene rings is 2. The fraction of sp³-hybridized carbons (Fsp3) is 0.355. The maximum Gasteiger partial charge on any atom is 0.511 e. The van der Waals surface area contributed by atoms with E-state index in [4.69, 9.17) is 24.5 Å². The molecule has 0 aliphatic heterocycles. The van der Waals surface area contributed by atoms with E-state index in [-0.39, 0.29) is 5.75 Å². The average molecular weight is 545 g/mol. The molecule has 2 heterocycles. The first kappa shape index (κ1) is 28.6. The molecule has 1 N–H and O–H groups in total. The molecule has 210 valence electrons. The van der Waals surface area contributed by atoms with Crippen LogP contribution in [-0.4, -0.2) is 45.0 Å². The first-order valence-electron chi connectivity index (χ1n) is 13.8. The lowest BCUT2D eigenvalue weighted by atomic mass is 10.0. The summed E-state index contributed by atoms with van der Waals surface area (Å²) < 4.78 is 12.4. The topological polar surface area (TPSA) is 107 Å². The summed E-state index contributed by atoms with van der Waals surface area (Å²) in [5, 5.41) is 9.09. The summed E-state index contributed by atoms with van der Waals surface area (Å²) in [5.74, 6) is 1.78. The van der Waals surface area contributed by atoms with Crippen molar-refractivity contribution in [1.82, 2.24) is 14.5 Å². The van der Waals surface area contributed by atoms with E-state index in [2.05, 4.69) is 18.4 Å². The predicted molar refractivity (Wildman–Crippen MR) is 155 cm³/mol. The third kappa shape index (κ3) is 6.77. The average Bonchev–Trinajstić information content (AvgIpc) is 3.29. The quantitative estimate of drug-likeness (QED) is 0.147. The van der Waals surface area contributed by atoms with Gasteiger partial charge in [0.15, 0.2) is 5.65 Å². The zero-order chi connectivity index (χ0) is 28.5. The molecule has 4 rings (SSSR count). The molecule has 1 amide bonds. The molecular weight excluding hydrogens is 508 g/mol. The fourth-order valence-electron chi connectivity index (χ4n) is 4.56. The highest BCUT2D eigenvalue weighted by molar-refractivity contribution is 5.88. The third-order valence-corrected chi connectivity index (χ3v) is 6.60. The summed E-state index contributed by atoms with van der Waals surface area (Å²) in [5.41, 5.74) is 4.09. The van der Waals surface area contributed by atoms with E-state index in [1.165, 1.54) is 0 Å². The number of carbonyl (C=O) groups is 2. The van der Waals surface area contributed by atoms with Crippen molar-refractivity contribution in [2.75, 3.05) is 18.1 Å². The summed E-state index contributed by atoms with van der Waals surface area (Å²) in [7, 11) is 0. The van der Waals surface area contributed by atoms with Crippen LogP contribution in [0.3, 0.4) is 0 Å². The maximum absolute atomic E-state index is 12.7. The number of rotatable bonds is 12. The number of fused-ring (bicyclic) bond motifs is 1. The van der Waals surface area contributed by atoms with Gasteiger partial charge in [-0.2, -0.15) is 0 Å². The van der Waals surface area contributed by atoms with Gasteiger partial charge in [-0.05, 0) is 49.1 Å². The van der Waals surface area contributed by atoms with Gasteiger partial charge in [0.25, 0.3) is 0 Å². The van der Waals surface area contributed by atoms with Crippen LogP contribution in [0, 0.1) is 0 Å². The van der Waals surface area contributed by atoms with Crippen molar-refractivity contribution in [1.29, 1.82) is 0 Å². The molecule has 0 unspecified atom stereocenters. The molecule has 0 saturated heterocycles. The molecule has 0 saturated carbocycles. The third-order valence-electron chi connectivity index (χ3n) is 6.60. The van der Waals surface area contributed by atoms with E-state index in [1.54, 1.807) is 24.0 Å². The number of para-hydroxylation sites is 1. The molecule has 2 aromatic carbocycles. The number of ether oxygens (including phenoxy) is 2. The minimum atomic E-state index is -1.35. The summed E-state index contributed by atoms with van der Waals surface area (Å²) >= 11 is 0. The minimum Gasteiger partial charge on any atom is -0.449 e. The van der Waals surface area contributed by atoms with E-state index in [9.17, 15) is 9.59 Å². The van der Waals surface area contributed by atoms with Crippen LogP contribution in [-0.2, 0) is 17.7 Å². The molecule has 9 heteroatoms. The van der Waals surface area contributed by atoms with Crippen molar-refractivity contribution in [3.63, 3.8) is 0 Å². The molecule has 0 atom stereocenters. The Kier molecular flexibility index (Phi) is 9.72. The molecule has 0 aliphatic rings. The SMILES string of the molecule is CCCCc1nc2ccc(N(CCCC)C(=O)OCC)nc2n1Cc1ccc(-c2ccccc2OC(=O)O)cc1. The van der Waals surface area contributed by atoms with Crippen LogP contribution in [0.25, 0.3) is 22.3 Å². The van der Waals surface area contributed by atoms with Gasteiger partial charge in [0, 0.05) is 18.5 Å². The van der Waals surface area contributed by atoms with Crippen molar-refractivity contribution in [3.05, 3.63) is 72.1 Å². The highest BCUT2D eigenvalue weighted by Crippen LogP contribution is 2.30. The number of amides is 1. The monoisotopic (exact) mass is 544 g/mol. The highest BCUT2D eigenvalue weighted by Gasteiger charge is 2.20. The van der Waals surface area contributed by atoms with Gasteiger partial charge in [-0.1, -0.05) is 69.2 Å². The molecule has 40 heavy (non-hydrogen) atoms. The zero-order valence-corrected chi connectivity index (χ0v) is 23.3. The smallest absolute Gasteiger partial charge is 0.449 e. The molecule has 0 bridgehead atoms. The van der Waals surface area contributed by atoms with Crippen LogP contribution in [0.1, 0.15) is 57.8 Å². The Morgan fingerprint density at radius 2 is 1.68 bits per heavy atom. The number of anilines is 1. The number of nitrogens with zero attached hydrogens (tertiary/aromatic N) is 4. The number of imidazole rings is 1. The number of carboxylic acid groups (broad SMARTS) is 1. The molecule has 0 radical (unpaired) electrons. The van der Waals surface area contributed by atoms with E-state index in [0.717, 1.165) is 60.2 Å². The Labute approximate surface area is 234 Å². The zero-order valence-electron chi connectivity index (χ0n) is 23.3. The Balaban J connectivity index is 1.69. The van der Waals surface area contributed by atoms with Crippen LogP contribution in [0.5, 0.6) is 5.75 Å². The lowest BCUT2D eigenvalue weighted by Gasteiger charge is -2.21. The molecule has 0 fully saturated rings. The first-order valence-corrected chi connectivity index (χ1v) is 13.8. The van der Waals surface area contributed by atoms with E-state index >= 15 is 0 Å². The van der Waals surface area contributed by atoms with Crippen LogP contribution in [0.4, 0.5) is 15.4 Å². The minimum absolute atomic E-state index is 0.288. The molecule has 4 aromatic rings. The van der Waals surface area contributed by atoms with Crippen LogP contribution in [0.15, 0.2) is 60.7 Å². The van der Waals surface area contributed by atoms with Gasteiger partial charge in [0.1, 0.15) is 22.9 Å². The van der Waals surface area contributed by atoms with Gasteiger partial charge in [0.2, 0.25) is 0 Å². The van der Waals surface area contributed by atoms with Crippen LogP contribution in [0.2, 0.25) is 0 Å². The molecule has 9 nitrogen and oxygen atoms in total. The molecule has 2 aromatic heterocycles. The van der Waals surface area contributed by atoms with Gasteiger partial charge in [-0.15, -0.1) is 0 Å².